The molecule has 0 bridgehead atoms. The molecule has 2 amide bonds. The maximum absolute atomic E-state index is 11.8. The smallest absolute Gasteiger partial charge is 0.319 e. The van der Waals surface area contributed by atoms with Crippen LogP contribution in [0.3, 0.4) is 0 Å². The number of nitrogens with one attached hydrogen (secondary N) is 2. The monoisotopic (exact) mass is 316 g/mol. The van der Waals surface area contributed by atoms with Crippen molar-refractivity contribution in [1.29, 1.82) is 0 Å². The van der Waals surface area contributed by atoms with Crippen molar-refractivity contribution >= 4 is 23.5 Å². The van der Waals surface area contributed by atoms with Crippen molar-refractivity contribution in [3.05, 3.63) is 42.2 Å². The molecule has 0 fully saturated rings. The third-order valence-corrected chi connectivity index (χ3v) is 3.75. The number of carbonyl (C=O) groups excluding carboxylic acids is 1. The van der Waals surface area contributed by atoms with Gasteiger partial charge in [-0.3, -0.25) is 0 Å². The summed E-state index contributed by atoms with van der Waals surface area (Å²) in [6, 6.07) is 7.47. The number of carbonyl (C=O) groups is 1. The van der Waals surface area contributed by atoms with Gasteiger partial charge in [0.25, 0.3) is 0 Å². The van der Waals surface area contributed by atoms with Crippen molar-refractivity contribution in [2.75, 3.05) is 11.9 Å². The summed E-state index contributed by atoms with van der Waals surface area (Å²) in [5.74, 6) is 0.427. The highest BCUT2D eigenvalue weighted by Gasteiger charge is 2.07. The maximum atomic E-state index is 11.8. The Bertz CT molecular complexity index is 631. The second-order valence-corrected chi connectivity index (χ2v) is 6.38. The average molecular weight is 316 g/mol. The molecule has 0 aliphatic heterocycles. The van der Waals surface area contributed by atoms with Crippen LogP contribution < -0.4 is 10.6 Å². The number of hydrogen-bond acceptors (Lipinski definition) is 4. The molecule has 0 aliphatic carbocycles. The Hall–Kier alpha value is -2.08. The minimum Gasteiger partial charge on any atom is -0.338 e. The second-order valence-electron chi connectivity index (χ2n) is 5.34. The second kappa shape index (κ2) is 7.79. The van der Waals surface area contributed by atoms with Crippen LogP contribution >= 0.6 is 11.8 Å². The van der Waals surface area contributed by atoms with Crippen LogP contribution in [-0.2, 0) is 0 Å². The van der Waals surface area contributed by atoms with Gasteiger partial charge in [0.1, 0.15) is 0 Å². The summed E-state index contributed by atoms with van der Waals surface area (Å²) < 4.78 is 0. The van der Waals surface area contributed by atoms with Gasteiger partial charge in [0, 0.05) is 29.5 Å². The van der Waals surface area contributed by atoms with Crippen LogP contribution in [0.1, 0.15) is 19.4 Å². The van der Waals surface area contributed by atoms with Crippen LogP contribution in [0.2, 0.25) is 0 Å². The molecule has 1 aromatic heterocycles. The van der Waals surface area contributed by atoms with Crippen molar-refractivity contribution in [2.45, 2.75) is 30.8 Å². The lowest BCUT2D eigenvalue weighted by molar-refractivity contribution is 0.251. The molecule has 0 aliphatic rings. The van der Waals surface area contributed by atoms with Crippen molar-refractivity contribution in [3.8, 4) is 0 Å². The molecule has 0 radical (unpaired) electrons. The zero-order valence-electron chi connectivity index (χ0n) is 13.0. The number of nitrogens with zero attached hydrogens (tertiary/aromatic N) is 2. The molecular weight excluding hydrogens is 296 g/mol. The first kappa shape index (κ1) is 16.3. The molecule has 2 aromatic rings. The molecule has 0 spiro atoms. The molecule has 0 unspecified atom stereocenters. The first-order valence-corrected chi connectivity index (χ1v) is 7.96. The number of benzene rings is 1. The molecule has 6 heteroatoms. The van der Waals surface area contributed by atoms with Gasteiger partial charge in [0.2, 0.25) is 0 Å². The number of aromatic nitrogens is 2. The highest BCUT2D eigenvalue weighted by atomic mass is 32.2. The molecule has 0 atom stereocenters. The summed E-state index contributed by atoms with van der Waals surface area (Å²) in [6.07, 6.45) is 3.44. The molecule has 116 valence electrons. The Balaban J connectivity index is 1.99. The fraction of sp³-hybridized carbons (Fsp3) is 0.312. The van der Waals surface area contributed by atoms with Gasteiger partial charge < -0.3 is 10.6 Å². The summed E-state index contributed by atoms with van der Waals surface area (Å²) in [6.45, 7) is 6.74. The van der Waals surface area contributed by atoms with Crippen LogP contribution in [0.5, 0.6) is 0 Å². The molecule has 22 heavy (non-hydrogen) atoms. The molecule has 0 saturated heterocycles. The van der Waals surface area contributed by atoms with Gasteiger partial charge in [0.15, 0.2) is 5.16 Å². The third-order valence-electron chi connectivity index (χ3n) is 2.87. The first-order chi connectivity index (χ1) is 10.5. The lowest BCUT2D eigenvalue weighted by atomic mass is 10.2. The van der Waals surface area contributed by atoms with Crippen molar-refractivity contribution in [1.82, 2.24) is 15.3 Å². The maximum Gasteiger partial charge on any atom is 0.319 e. The summed E-state index contributed by atoms with van der Waals surface area (Å²) in [5, 5.41) is 6.41. The van der Waals surface area contributed by atoms with Gasteiger partial charge in [-0.25, -0.2) is 14.8 Å². The Morgan fingerprint density at radius 2 is 2.00 bits per heavy atom. The third kappa shape index (κ3) is 5.04. The number of hydrogen-bond donors (Lipinski definition) is 2. The molecule has 0 saturated carbocycles. The van der Waals surface area contributed by atoms with E-state index < -0.39 is 0 Å². The summed E-state index contributed by atoms with van der Waals surface area (Å²) in [5.41, 5.74) is 1.81. The van der Waals surface area contributed by atoms with Crippen molar-refractivity contribution < 1.29 is 4.79 Å². The van der Waals surface area contributed by atoms with E-state index in [0.717, 1.165) is 16.1 Å². The Labute approximate surface area is 135 Å². The van der Waals surface area contributed by atoms with Crippen LogP contribution in [0.4, 0.5) is 10.5 Å². The van der Waals surface area contributed by atoms with Gasteiger partial charge in [-0.1, -0.05) is 13.8 Å². The largest absolute Gasteiger partial charge is 0.338 e. The van der Waals surface area contributed by atoms with E-state index in [1.165, 1.54) is 11.8 Å². The lowest BCUT2D eigenvalue weighted by Crippen LogP contribution is -2.31. The molecule has 5 nitrogen and oxygen atoms in total. The van der Waals surface area contributed by atoms with Crippen LogP contribution in [0, 0.1) is 12.8 Å². The number of rotatable bonds is 5. The molecule has 2 N–H and O–H groups in total. The fourth-order valence-corrected chi connectivity index (χ4v) is 2.56. The van der Waals surface area contributed by atoms with E-state index in [1.54, 1.807) is 18.5 Å². The van der Waals surface area contributed by atoms with E-state index in [4.69, 9.17) is 0 Å². The molecule has 2 rings (SSSR count). The van der Waals surface area contributed by atoms with Crippen LogP contribution in [0.25, 0.3) is 0 Å². The summed E-state index contributed by atoms with van der Waals surface area (Å²) in [7, 11) is 0. The minimum atomic E-state index is -0.177. The van der Waals surface area contributed by atoms with E-state index in [-0.39, 0.29) is 6.03 Å². The predicted molar refractivity (Wildman–Crippen MR) is 89.2 cm³/mol. The average Bonchev–Trinajstić information content (AvgIpc) is 2.49. The minimum absolute atomic E-state index is 0.177. The predicted octanol–water partition coefficient (Wildman–Crippen LogP) is 3.71. The van der Waals surface area contributed by atoms with E-state index in [2.05, 4.69) is 34.4 Å². The number of urea groups is 1. The number of aryl methyl sites for hydroxylation is 1. The van der Waals surface area contributed by atoms with E-state index >= 15 is 0 Å². The zero-order valence-corrected chi connectivity index (χ0v) is 13.8. The van der Waals surface area contributed by atoms with Crippen molar-refractivity contribution in [2.24, 2.45) is 5.92 Å². The molecule has 1 heterocycles. The van der Waals surface area contributed by atoms with E-state index in [0.29, 0.717) is 17.6 Å². The highest BCUT2D eigenvalue weighted by Crippen LogP contribution is 2.27. The molecule has 1 aromatic carbocycles. The van der Waals surface area contributed by atoms with Crippen molar-refractivity contribution in [3.63, 3.8) is 0 Å². The van der Waals surface area contributed by atoms with Gasteiger partial charge >= 0.3 is 6.03 Å². The topological polar surface area (TPSA) is 66.9 Å². The first-order valence-electron chi connectivity index (χ1n) is 7.15. The fourth-order valence-electron chi connectivity index (χ4n) is 1.75. The Kier molecular flexibility index (Phi) is 5.77. The summed E-state index contributed by atoms with van der Waals surface area (Å²) >= 11 is 1.49. The normalized spacial score (nSPS) is 10.5. The quantitative estimate of drug-likeness (QED) is 0.825. The number of anilines is 1. The van der Waals surface area contributed by atoms with E-state index in [1.807, 2.05) is 25.1 Å². The Morgan fingerprint density at radius 1 is 1.27 bits per heavy atom. The number of amides is 2. The zero-order chi connectivity index (χ0) is 15.9. The van der Waals surface area contributed by atoms with Crippen LogP contribution in [0.15, 0.2) is 46.7 Å². The van der Waals surface area contributed by atoms with Gasteiger partial charge in [-0.2, -0.15) is 0 Å². The van der Waals surface area contributed by atoms with Gasteiger partial charge in [-0.05, 0) is 54.4 Å². The summed E-state index contributed by atoms with van der Waals surface area (Å²) in [4.78, 5) is 21.2. The van der Waals surface area contributed by atoms with Crippen LogP contribution in [-0.4, -0.2) is 22.5 Å². The highest BCUT2D eigenvalue weighted by molar-refractivity contribution is 7.99. The molecular formula is C16H20N4OS. The Morgan fingerprint density at radius 3 is 2.64 bits per heavy atom. The van der Waals surface area contributed by atoms with E-state index in [9.17, 15) is 4.79 Å². The SMILES string of the molecule is Cc1cc(Sc2ncccn2)ccc1NC(=O)NCC(C)C. The van der Waals surface area contributed by atoms with Gasteiger partial charge in [0.05, 0.1) is 0 Å². The lowest BCUT2D eigenvalue weighted by Gasteiger charge is -2.12. The standard InChI is InChI=1S/C16H20N4OS/c1-11(2)10-19-15(21)20-14-6-5-13(9-12(14)3)22-16-17-7-4-8-18-16/h4-9,11H,10H2,1-3H3,(H2,19,20,21). The van der Waals surface area contributed by atoms with Gasteiger partial charge in [-0.15, -0.1) is 0 Å².